The molecule has 0 unspecified atom stereocenters. The van der Waals surface area contributed by atoms with Crippen molar-refractivity contribution in [3.63, 3.8) is 0 Å². The van der Waals surface area contributed by atoms with Crippen molar-refractivity contribution in [2.75, 3.05) is 24.5 Å². The van der Waals surface area contributed by atoms with E-state index in [0.717, 1.165) is 38.4 Å². The van der Waals surface area contributed by atoms with Crippen LogP contribution in [0.2, 0.25) is 0 Å². The summed E-state index contributed by atoms with van der Waals surface area (Å²) in [6.07, 6.45) is 2.94. The molecule has 0 aliphatic heterocycles. The van der Waals surface area contributed by atoms with Crippen molar-refractivity contribution in [3.05, 3.63) is 6.20 Å². The van der Waals surface area contributed by atoms with Gasteiger partial charge in [-0.2, -0.15) is 0 Å². The van der Waals surface area contributed by atoms with Gasteiger partial charge in [-0.3, -0.25) is 0 Å². The molecule has 5 heteroatoms. The van der Waals surface area contributed by atoms with Crippen molar-refractivity contribution in [1.29, 1.82) is 0 Å². The lowest BCUT2D eigenvalue weighted by atomic mass is 10.4. The monoisotopic (exact) mass is 239 g/mol. The summed E-state index contributed by atoms with van der Waals surface area (Å²) < 4.78 is 1.98. The molecule has 1 aromatic heterocycles. The van der Waals surface area contributed by atoms with Crippen LogP contribution in [0.4, 0.5) is 5.82 Å². The molecule has 1 aromatic rings. The van der Waals surface area contributed by atoms with E-state index in [1.54, 1.807) is 0 Å². The summed E-state index contributed by atoms with van der Waals surface area (Å²) >= 11 is 0. The molecule has 0 fully saturated rings. The van der Waals surface area contributed by atoms with E-state index in [9.17, 15) is 0 Å². The largest absolute Gasteiger partial charge is 0.354 e. The normalized spacial score (nSPS) is 11.1. The van der Waals surface area contributed by atoms with Gasteiger partial charge in [-0.05, 0) is 13.3 Å². The lowest BCUT2D eigenvalue weighted by Gasteiger charge is -2.23. The van der Waals surface area contributed by atoms with Crippen LogP contribution in [0.25, 0.3) is 0 Å². The minimum Gasteiger partial charge on any atom is -0.354 e. The van der Waals surface area contributed by atoms with Gasteiger partial charge in [0.2, 0.25) is 0 Å². The standard InChI is InChI=1S/C12H25N5/c1-5-8-17-12(10-14-15-17)16(6-2)9-7-13-11(3)4/h10-11,13H,5-9H2,1-4H3. The maximum atomic E-state index is 4.12. The van der Waals surface area contributed by atoms with Crippen LogP contribution >= 0.6 is 0 Å². The highest BCUT2D eigenvalue weighted by molar-refractivity contribution is 5.35. The zero-order chi connectivity index (χ0) is 12.7. The second kappa shape index (κ2) is 7.27. The molecular formula is C12H25N5. The first-order valence-electron chi connectivity index (χ1n) is 6.55. The Bertz CT molecular complexity index is 308. The number of hydrogen-bond donors (Lipinski definition) is 1. The second-order valence-electron chi connectivity index (χ2n) is 4.50. The van der Waals surface area contributed by atoms with Crippen LogP contribution in [0.15, 0.2) is 6.20 Å². The van der Waals surface area contributed by atoms with Gasteiger partial charge in [0.25, 0.3) is 0 Å². The van der Waals surface area contributed by atoms with Crippen LogP contribution < -0.4 is 10.2 Å². The number of hydrogen-bond acceptors (Lipinski definition) is 4. The summed E-state index contributed by atoms with van der Waals surface area (Å²) in [5.74, 6) is 1.12. The van der Waals surface area contributed by atoms with Crippen LogP contribution in [0.3, 0.4) is 0 Å². The molecule has 17 heavy (non-hydrogen) atoms. The predicted molar refractivity (Wildman–Crippen MR) is 71.3 cm³/mol. The van der Waals surface area contributed by atoms with E-state index < -0.39 is 0 Å². The molecule has 0 bridgehead atoms. The van der Waals surface area contributed by atoms with E-state index in [1.165, 1.54) is 0 Å². The average Bonchev–Trinajstić information content (AvgIpc) is 2.73. The third-order valence-corrected chi connectivity index (χ3v) is 2.67. The molecule has 0 aliphatic carbocycles. The molecule has 0 saturated carbocycles. The number of nitrogens with one attached hydrogen (secondary N) is 1. The Balaban J connectivity index is 2.56. The minimum absolute atomic E-state index is 0.535. The molecule has 0 amide bonds. The van der Waals surface area contributed by atoms with Crippen molar-refractivity contribution < 1.29 is 0 Å². The van der Waals surface area contributed by atoms with Gasteiger partial charge in [-0.15, -0.1) is 5.10 Å². The fraction of sp³-hybridized carbons (Fsp3) is 0.833. The number of anilines is 1. The molecule has 0 aliphatic rings. The Hall–Kier alpha value is -1.10. The third-order valence-electron chi connectivity index (χ3n) is 2.67. The van der Waals surface area contributed by atoms with Crippen molar-refractivity contribution in [2.24, 2.45) is 0 Å². The first-order chi connectivity index (χ1) is 8.19. The van der Waals surface area contributed by atoms with Crippen LogP contribution in [-0.2, 0) is 6.54 Å². The van der Waals surface area contributed by atoms with Crippen molar-refractivity contribution in [2.45, 2.75) is 46.7 Å². The molecular weight excluding hydrogens is 214 g/mol. The highest BCUT2D eigenvalue weighted by Gasteiger charge is 2.10. The predicted octanol–water partition coefficient (Wildman–Crippen LogP) is 1.51. The molecule has 0 aromatic carbocycles. The second-order valence-corrected chi connectivity index (χ2v) is 4.50. The van der Waals surface area contributed by atoms with E-state index >= 15 is 0 Å². The lowest BCUT2D eigenvalue weighted by Crippen LogP contribution is -2.35. The fourth-order valence-corrected chi connectivity index (χ4v) is 1.79. The Morgan fingerprint density at radius 3 is 2.76 bits per heavy atom. The maximum absolute atomic E-state index is 4.12. The Labute approximate surface area is 104 Å². The van der Waals surface area contributed by atoms with Crippen LogP contribution in [0, 0.1) is 0 Å². The molecule has 1 heterocycles. The van der Waals surface area contributed by atoms with Gasteiger partial charge in [0.15, 0.2) is 0 Å². The topological polar surface area (TPSA) is 46.0 Å². The van der Waals surface area contributed by atoms with Crippen LogP contribution in [-0.4, -0.2) is 40.7 Å². The Morgan fingerprint density at radius 2 is 2.18 bits per heavy atom. The van der Waals surface area contributed by atoms with E-state index in [-0.39, 0.29) is 0 Å². The molecule has 0 radical (unpaired) electrons. The summed E-state index contributed by atoms with van der Waals surface area (Å²) in [5, 5.41) is 11.6. The Morgan fingerprint density at radius 1 is 1.41 bits per heavy atom. The van der Waals surface area contributed by atoms with Crippen molar-refractivity contribution in [1.82, 2.24) is 20.3 Å². The number of aromatic nitrogens is 3. The van der Waals surface area contributed by atoms with E-state index in [0.29, 0.717) is 6.04 Å². The van der Waals surface area contributed by atoms with Crippen molar-refractivity contribution >= 4 is 5.82 Å². The minimum atomic E-state index is 0.535. The van der Waals surface area contributed by atoms with E-state index in [1.807, 2.05) is 10.9 Å². The van der Waals surface area contributed by atoms with Gasteiger partial charge in [-0.25, -0.2) is 4.68 Å². The quantitative estimate of drug-likeness (QED) is 0.747. The fourth-order valence-electron chi connectivity index (χ4n) is 1.79. The summed E-state index contributed by atoms with van der Waals surface area (Å²) in [6, 6.07) is 0.535. The smallest absolute Gasteiger partial charge is 0.147 e. The van der Waals surface area contributed by atoms with Gasteiger partial charge >= 0.3 is 0 Å². The summed E-state index contributed by atoms with van der Waals surface area (Å²) in [5.41, 5.74) is 0. The zero-order valence-corrected chi connectivity index (χ0v) is 11.5. The third kappa shape index (κ3) is 4.34. The van der Waals surface area contributed by atoms with Gasteiger partial charge < -0.3 is 10.2 Å². The highest BCUT2D eigenvalue weighted by atomic mass is 15.5. The number of likely N-dealkylation sites (N-methyl/N-ethyl adjacent to an activating group) is 1. The number of nitrogens with zero attached hydrogens (tertiary/aromatic N) is 4. The maximum Gasteiger partial charge on any atom is 0.147 e. The SMILES string of the molecule is CCCn1nncc1N(CC)CCNC(C)C. The molecule has 5 nitrogen and oxygen atoms in total. The van der Waals surface area contributed by atoms with E-state index in [4.69, 9.17) is 0 Å². The van der Waals surface area contributed by atoms with Gasteiger partial charge in [0.05, 0.1) is 6.20 Å². The zero-order valence-electron chi connectivity index (χ0n) is 11.5. The molecule has 0 saturated heterocycles. The van der Waals surface area contributed by atoms with Gasteiger partial charge in [0, 0.05) is 32.2 Å². The Kier molecular flexibility index (Phi) is 5.97. The van der Waals surface area contributed by atoms with Crippen LogP contribution in [0.5, 0.6) is 0 Å². The summed E-state index contributed by atoms with van der Waals surface area (Å²) in [4.78, 5) is 2.31. The summed E-state index contributed by atoms with van der Waals surface area (Å²) in [6.45, 7) is 12.5. The highest BCUT2D eigenvalue weighted by Crippen LogP contribution is 2.11. The molecule has 1 rings (SSSR count). The van der Waals surface area contributed by atoms with E-state index in [2.05, 4.69) is 48.2 Å². The van der Waals surface area contributed by atoms with Gasteiger partial charge in [0.1, 0.15) is 5.82 Å². The lowest BCUT2D eigenvalue weighted by molar-refractivity contribution is 0.553. The van der Waals surface area contributed by atoms with Crippen LogP contribution in [0.1, 0.15) is 34.1 Å². The molecule has 98 valence electrons. The average molecular weight is 239 g/mol. The molecule has 0 atom stereocenters. The van der Waals surface area contributed by atoms with Gasteiger partial charge in [-0.1, -0.05) is 26.0 Å². The first-order valence-corrected chi connectivity index (χ1v) is 6.55. The van der Waals surface area contributed by atoms with Crippen molar-refractivity contribution in [3.8, 4) is 0 Å². The number of rotatable bonds is 8. The first kappa shape index (κ1) is 14.0. The molecule has 0 spiro atoms. The summed E-state index contributed by atoms with van der Waals surface area (Å²) in [7, 11) is 0. The number of aryl methyl sites for hydroxylation is 1. The molecule has 1 N–H and O–H groups in total.